The highest BCUT2D eigenvalue weighted by Gasteiger charge is 2.20. The molecule has 0 aliphatic heterocycles. The Morgan fingerprint density at radius 1 is 1.14 bits per heavy atom. The second kappa shape index (κ2) is 6.92. The molecule has 1 N–H and O–H groups in total. The Hall–Kier alpha value is -0.880. The summed E-state index contributed by atoms with van der Waals surface area (Å²) < 4.78 is 1.54. The minimum Gasteiger partial charge on any atom is -0.307 e. The number of rotatable bonds is 5. The quantitative estimate of drug-likeness (QED) is 0.889. The molecule has 2 rings (SSSR count). The second-order valence-corrected chi connectivity index (χ2v) is 6.44. The first kappa shape index (κ1) is 16.5. The number of hydrogen-bond acceptors (Lipinski definition) is 4. The van der Waals surface area contributed by atoms with Crippen LogP contribution in [0.4, 0.5) is 0 Å². The van der Waals surface area contributed by atoms with Crippen molar-refractivity contribution in [1.29, 1.82) is 0 Å². The summed E-state index contributed by atoms with van der Waals surface area (Å²) in [6, 6.07) is 3.19. The van der Waals surface area contributed by atoms with Gasteiger partial charge in [0, 0.05) is 5.02 Å². The predicted molar refractivity (Wildman–Crippen MR) is 85.4 cm³/mol. The molecule has 1 atom stereocenters. The van der Waals surface area contributed by atoms with Crippen molar-refractivity contribution in [3.63, 3.8) is 0 Å². The van der Waals surface area contributed by atoms with E-state index in [-0.39, 0.29) is 6.04 Å². The van der Waals surface area contributed by atoms with Crippen LogP contribution in [0.2, 0.25) is 15.1 Å². The standard InChI is InChI=1S/C13H16Cl3N5/c1-7(2)6-17-8(3)13-18-19-20-21(13)12-10(15)4-9(14)5-11(12)16/h4-5,7-8,17H,6H2,1-3H3. The lowest BCUT2D eigenvalue weighted by Crippen LogP contribution is -2.26. The third kappa shape index (κ3) is 3.86. The van der Waals surface area contributed by atoms with Crippen LogP contribution in [0.3, 0.4) is 0 Å². The molecule has 1 aromatic carbocycles. The maximum atomic E-state index is 6.22. The Morgan fingerprint density at radius 2 is 1.76 bits per heavy atom. The number of aromatic nitrogens is 4. The minimum absolute atomic E-state index is 0.0368. The maximum absolute atomic E-state index is 6.22. The van der Waals surface area contributed by atoms with Gasteiger partial charge in [-0.1, -0.05) is 48.7 Å². The van der Waals surface area contributed by atoms with E-state index >= 15 is 0 Å². The van der Waals surface area contributed by atoms with E-state index in [1.54, 1.807) is 16.8 Å². The third-order valence-corrected chi connectivity index (χ3v) is 3.70. The zero-order valence-corrected chi connectivity index (χ0v) is 14.2. The van der Waals surface area contributed by atoms with E-state index < -0.39 is 0 Å². The number of hydrogen-bond donors (Lipinski definition) is 1. The van der Waals surface area contributed by atoms with E-state index in [2.05, 4.69) is 34.7 Å². The Bertz CT molecular complexity index is 603. The molecule has 0 aliphatic rings. The number of nitrogens with zero attached hydrogens (tertiary/aromatic N) is 4. The molecule has 0 bridgehead atoms. The van der Waals surface area contributed by atoms with E-state index in [1.165, 1.54) is 0 Å². The summed E-state index contributed by atoms with van der Waals surface area (Å²) in [5.74, 6) is 1.17. The van der Waals surface area contributed by atoms with E-state index in [0.717, 1.165) is 6.54 Å². The van der Waals surface area contributed by atoms with Crippen LogP contribution in [0.15, 0.2) is 12.1 Å². The van der Waals surface area contributed by atoms with Gasteiger partial charge in [0.05, 0.1) is 16.1 Å². The van der Waals surface area contributed by atoms with Gasteiger partial charge in [0.2, 0.25) is 0 Å². The molecule has 0 saturated carbocycles. The molecule has 0 aliphatic carbocycles. The number of halogens is 3. The Kier molecular flexibility index (Phi) is 5.43. The van der Waals surface area contributed by atoms with Crippen LogP contribution >= 0.6 is 34.8 Å². The Labute approximate surface area is 138 Å². The second-order valence-electron chi connectivity index (χ2n) is 5.19. The van der Waals surface area contributed by atoms with Gasteiger partial charge in [-0.15, -0.1) is 5.10 Å². The van der Waals surface area contributed by atoms with E-state index in [0.29, 0.717) is 32.5 Å². The lowest BCUT2D eigenvalue weighted by molar-refractivity contribution is 0.475. The van der Waals surface area contributed by atoms with Crippen LogP contribution in [0.5, 0.6) is 0 Å². The van der Waals surface area contributed by atoms with Crippen LogP contribution in [0, 0.1) is 5.92 Å². The number of nitrogens with one attached hydrogen (secondary N) is 1. The average Bonchev–Trinajstić information content (AvgIpc) is 2.83. The molecule has 0 saturated heterocycles. The molecular formula is C13H16Cl3N5. The lowest BCUT2D eigenvalue weighted by atomic mass is 10.2. The van der Waals surface area contributed by atoms with E-state index in [4.69, 9.17) is 34.8 Å². The molecule has 0 amide bonds. The average molecular weight is 349 g/mol. The van der Waals surface area contributed by atoms with Gasteiger partial charge in [0.15, 0.2) is 5.82 Å². The summed E-state index contributed by atoms with van der Waals surface area (Å²) in [5, 5.41) is 16.4. The van der Waals surface area contributed by atoms with Crippen molar-refractivity contribution in [1.82, 2.24) is 25.5 Å². The van der Waals surface area contributed by atoms with Crippen molar-refractivity contribution in [3.05, 3.63) is 33.0 Å². The molecule has 1 aromatic heterocycles. The van der Waals surface area contributed by atoms with E-state index in [1.807, 2.05) is 6.92 Å². The van der Waals surface area contributed by atoms with Gasteiger partial charge in [-0.05, 0) is 41.9 Å². The van der Waals surface area contributed by atoms with Gasteiger partial charge in [-0.2, -0.15) is 4.68 Å². The van der Waals surface area contributed by atoms with Crippen molar-refractivity contribution < 1.29 is 0 Å². The number of tetrazole rings is 1. The summed E-state index contributed by atoms with van der Waals surface area (Å²) >= 11 is 18.4. The summed E-state index contributed by atoms with van der Waals surface area (Å²) in [4.78, 5) is 0. The van der Waals surface area contributed by atoms with Gasteiger partial charge in [-0.3, -0.25) is 0 Å². The van der Waals surface area contributed by atoms with Gasteiger partial charge in [0.25, 0.3) is 0 Å². The molecule has 8 heteroatoms. The summed E-state index contributed by atoms with van der Waals surface area (Å²) in [5.41, 5.74) is 0.529. The van der Waals surface area contributed by atoms with Crippen molar-refractivity contribution >= 4 is 34.8 Å². The number of benzene rings is 1. The van der Waals surface area contributed by atoms with Gasteiger partial charge >= 0.3 is 0 Å². The van der Waals surface area contributed by atoms with Crippen molar-refractivity contribution in [2.45, 2.75) is 26.8 Å². The first-order valence-corrected chi connectivity index (χ1v) is 7.70. The van der Waals surface area contributed by atoms with Gasteiger partial charge in [-0.25, -0.2) is 0 Å². The molecule has 1 unspecified atom stereocenters. The molecule has 5 nitrogen and oxygen atoms in total. The predicted octanol–water partition coefficient (Wildman–Crippen LogP) is 3.93. The van der Waals surface area contributed by atoms with Crippen molar-refractivity contribution in [3.8, 4) is 5.69 Å². The van der Waals surface area contributed by atoms with Gasteiger partial charge in [0.1, 0.15) is 5.69 Å². The molecule has 1 heterocycles. The highest BCUT2D eigenvalue weighted by atomic mass is 35.5. The largest absolute Gasteiger partial charge is 0.307 e. The van der Waals surface area contributed by atoms with E-state index in [9.17, 15) is 0 Å². The first-order valence-electron chi connectivity index (χ1n) is 6.56. The monoisotopic (exact) mass is 347 g/mol. The molecule has 21 heavy (non-hydrogen) atoms. The van der Waals surface area contributed by atoms with Crippen LogP contribution < -0.4 is 5.32 Å². The lowest BCUT2D eigenvalue weighted by Gasteiger charge is -2.16. The molecule has 2 aromatic rings. The highest BCUT2D eigenvalue weighted by molar-refractivity contribution is 6.40. The minimum atomic E-state index is -0.0368. The normalized spacial score (nSPS) is 12.9. The van der Waals surface area contributed by atoms with Crippen molar-refractivity contribution in [2.24, 2.45) is 5.92 Å². The fraction of sp³-hybridized carbons (Fsp3) is 0.462. The fourth-order valence-electron chi connectivity index (χ4n) is 1.86. The van der Waals surface area contributed by atoms with Gasteiger partial charge < -0.3 is 5.32 Å². The van der Waals surface area contributed by atoms with Crippen LogP contribution in [-0.2, 0) is 0 Å². The van der Waals surface area contributed by atoms with Crippen LogP contribution in [-0.4, -0.2) is 26.8 Å². The zero-order chi connectivity index (χ0) is 15.6. The maximum Gasteiger partial charge on any atom is 0.173 e. The zero-order valence-electron chi connectivity index (χ0n) is 11.9. The summed E-state index contributed by atoms with van der Waals surface area (Å²) in [7, 11) is 0. The molecule has 0 fully saturated rings. The molecule has 0 spiro atoms. The van der Waals surface area contributed by atoms with Crippen LogP contribution in [0.1, 0.15) is 32.6 Å². The molecule has 0 radical (unpaired) electrons. The van der Waals surface area contributed by atoms with Crippen LogP contribution in [0.25, 0.3) is 5.69 Å². The van der Waals surface area contributed by atoms with Crippen molar-refractivity contribution in [2.75, 3.05) is 6.54 Å². The Morgan fingerprint density at radius 3 is 2.33 bits per heavy atom. The summed E-state index contributed by atoms with van der Waals surface area (Å²) in [6.07, 6.45) is 0. The fourth-order valence-corrected chi connectivity index (χ4v) is 2.84. The highest BCUT2D eigenvalue weighted by Crippen LogP contribution is 2.32. The smallest absolute Gasteiger partial charge is 0.173 e. The summed E-state index contributed by atoms with van der Waals surface area (Å²) in [6.45, 7) is 7.11. The topological polar surface area (TPSA) is 55.6 Å². The third-order valence-electron chi connectivity index (χ3n) is 2.91. The SMILES string of the molecule is CC(C)CNC(C)c1nnnn1-c1c(Cl)cc(Cl)cc1Cl. The first-order chi connectivity index (χ1) is 9.90. The molecule has 114 valence electrons. The molecular weight excluding hydrogens is 333 g/mol. The Balaban J connectivity index is 2.37.